The van der Waals surface area contributed by atoms with Crippen molar-refractivity contribution in [1.82, 2.24) is 10.5 Å². The largest absolute Gasteiger partial charge is 0.375 e. The van der Waals surface area contributed by atoms with Gasteiger partial charge in [0.25, 0.3) is 0 Å². The third kappa shape index (κ3) is 4.40. The molecular weight excluding hydrogens is 298 g/mol. The van der Waals surface area contributed by atoms with Gasteiger partial charge in [0.15, 0.2) is 5.82 Å². The van der Waals surface area contributed by atoms with Crippen LogP contribution in [0.3, 0.4) is 0 Å². The van der Waals surface area contributed by atoms with E-state index >= 15 is 0 Å². The number of aryl methyl sites for hydroxylation is 2. The Morgan fingerprint density at radius 3 is 2.61 bits per heavy atom. The first-order valence-electron chi connectivity index (χ1n) is 7.12. The third-order valence-electron chi connectivity index (χ3n) is 3.34. The molecule has 2 amide bonds. The van der Waals surface area contributed by atoms with E-state index in [2.05, 4.69) is 15.8 Å². The van der Waals surface area contributed by atoms with E-state index in [0.717, 1.165) is 11.1 Å². The maximum Gasteiger partial charge on any atom is 0.314 e. The second kappa shape index (κ2) is 7.55. The summed E-state index contributed by atoms with van der Waals surface area (Å²) in [6.45, 7) is 3.84. The van der Waals surface area contributed by atoms with Crippen LogP contribution >= 0.6 is 0 Å². The lowest BCUT2D eigenvalue weighted by Crippen LogP contribution is -2.38. The lowest BCUT2D eigenvalue weighted by Gasteiger charge is -2.18. The van der Waals surface area contributed by atoms with Crippen LogP contribution in [0.5, 0.6) is 0 Å². The number of methoxy groups -OCH3 is 1. The molecular formula is C16H19N3O4. The smallest absolute Gasteiger partial charge is 0.314 e. The second-order valence-corrected chi connectivity index (χ2v) is 5.07. The molecule has 0 spiro atoms. The van der Waals surface area contributed by atoms with Crippen molar-refractivity contribution in [2.45, 2.75) is 20.0 Å². The maximum absolute atomic E-state index is 11.9. The van der Waals surface area contributed by atoms with Crippen LogP contribution in [0.15, 0.2) is 34.9 Å². The first-order chi connectivity index (χ1) is 11.0. The number of carbonyl (C=O) groups excluding carboxylic acids is 2. The van der Waals surface area contributed by atoms with Crippen LogP contribution in [-0.4, -0.2) is 30.6 Å². The summed E-state index contributed by atoms with van der Waals surface area (Å²) in [5.41, 5.74) is 2.01. The van der Waals surface area contributed by atoms with E-state index in [4.69, 9.17) is 9.26 Å². The van der Waals surface area contributed by atoms with Crippen LogP contribution in [0.25, 0.3) is 0 Å². The summed E-state index contributed by atoms with van der Waals surface area (Å²) in [5, 5.41) is 8.51. The predicted octanol–water partition coefficient (Wildman–Crippen LogP) is 1.73. The number of carbonyl (C=O) groups is 2. The molecule has 2 aromatic rings. The van der Waals surface area contributed by atoms with Gasteiger partial charge >= 0.3 is 11.8 Å². The molecule has 1 aromatic carbocycles. The fourth-order valence-electron chi connectivity index (χ4n) is 2.13. The molecule has 0 unspecified atom stereocenters. The van der Waals surface area contributed by atoms with Gasteiger partial charge in [-0.15, -0.1) is 0 Å². The van der Waals surface area contributed by atoms with Crippen molar-refractivity contribution < 1.29 is 18.8 Å². The molecule has 122 valence electrons. The highest BCUT2D eigenvalue weighted by atomic mass is 16.5. The summed E-state index contributed by atoms with van der Waals surface area (Å²) >= 11 is 0. The molecule has 0 fully saturated rings. The number of anilines is 1. The van der Waals surface area contributed by atoms with E-state index in [9.17, 15) is 9.59 Å². The molecule has 23 heavy (non-hydrogen) atoms. The molecule has 1 heterocycles. The Bertz CT molecular complexity index is 696. The second-order valence-electron chi connectivity index (χ2n) is 5.07. The highest BCUT2D eigenvalue weighted by molar-refractivity contribution is 6.39. The zero-order chi connectivity index (χ0) is 16.8. The van der Waals surface area contributed by atoms with Crippen molar-refractivity contribution >= 4 is 17.6 Å². The first-order valence-corrected chi connectivity index (χ1v) is 7.12. The van der Waals surface area contributed by atoms with Crippen molar-refractivity contribution in [1.29, 1.82) is 0 Å². The summed E-state index contributed by atoms with van der Waals surface area (Å²) in [6, 6.07) is 9.24. The highest BCUT2D eigenvalue weighted by Gasteiger charge is 2.19. The Morgan fingerprint density at radius 2 is 2.00 bits per heavy atom. The zero-order valence-corrected chi connectivity index (χ0v) is 13.3. The molecule has 2 N–H and O–H groups in total. The minimum atomic E-state index is -0.807. The van der Waals surface area contributed by atoms with Gasteiger partial charge in [0.05, 0.1) is 6.10 Å². The molecule has 2 rings (SSSR count). The minimum Gasteiger partial charge on any atom is -0.375 e. The average molecular weight is 317 g/mol. The van der Waals surface area contributed by atoms with Crippen molar-refractivity contribution in [3.8, 4) is 0 Å². The van der Waals surface area contributed by atoms with Crippen LogP contribution in [-0.2, 0) is 14.3 Å². The maximum atomic E-state index is 11.9. The average Bonchev–Trinajstić information content (AvgIpc) is 2.94. The molecule has 0 aliphatic rings. The molecule has 1 atom stereocenters. The molecule has 0 saturated carbocycles. The van der Waals surface area contributed by atoms with Gasteiger partial charge in [-0.05, 0) is 25.0 Å². The zero-order valence-electron chi connectivity index (χ0n) is 13.3. The Kier molecular flexibility index (Phi) is 5.48. The number of amides is 2. The summed E-state index contributed by atoms with van der Waals surface area (Å²) in [6.07, 6.45) is -0.331. The van der Waals surface area contributed by atoms with E-state index in [-0.39, 0.29) is 18.5 Å². The van der Waals surface area contributed by atoms with Gasteiger partial charge in [0, 0.05) is 19.7 Å². The molecule has 7 nitrogen and oxygen atoms in total. The lowest BCUT2D eigenvalue weighted by molar-refractivity contribution is -0.136. The van der Waals surface area contributed by atoms with E-state index in [1.807, 2.05) is 31.2 Å². The van der Waals surface area contributed by atoms with Crippen LogP contribution < -0.4 is 10.6 Å². The fourth-order valence-corrected chi connectivity index (χ4v) is 2.13. The van der Waals surface area contributed by atoms with Gasteiger partial charge in [-0.3, -0.25) is 14.9 Å². The number of aromatic nitrogens is 1. The van der Waals surface area contributed by atoms with E-state index < -0.39 is 11.8 Å². The lowest BCUT2D eigenvalue weighted by atomic mass is 10.0. The van der Waals surface area contributed by atoms with Crippen LogP contribution in [0.1, 0.15) is 23.0 Å². The molecule has 0 saturated heterocycles. The van der Waals surface area contributed by atoms with Crippen LogP contribution in [0.2, 0.25) is 0 Å². The number of ether oxygens (including phenoxy) is 1. The van der Waals surface area contributed by atoms with Crippen molar-refractivity contribution in [3.05, 3.63) is 47.2 Å². The number of hydrogen-bond acceptors (Lipinski definition) is 5. The normalized spacial score (nSPS) is 11.8. The van der Waals surface area contributed by atoms with Gasteiger partial charge in [0.1, 0.15) is 5.76 Å². The fraction of sp³-hybridized carbons (Fsp3) is 0.312. The number of benzene rings is 1. The van der Waals surface area contributed by atoms with Gasteiger partial charge in [-0.1, -0.05) is 29.4 Å². The van der Waals surface area contributed by atoms with Crippen molar-refractivity contribution in [3.63, 3.8) is 0 Å². The van der Waals surface area contributed by atoms with Gasteiger partial charge in [0.2, 0.25) is 0 Å². The number of rotatable bonds is 5. The predicted molar refractivity (Wildman–Crippen MR) is 83.8 cm³/mol. The van der Waals surface area contributed by atoms with Crippen LogP contribution in [0, 0.1) is 13.8 Å². The Hall–Kier alpha value is -2.67. The topological polar surface area (TPSA) is 93.5 Å². The Morgan fingerprint density at radius 1 is 1.26 bits per heavy atom. The van der Waals surface area contributed by atoms with Crippen molar-refractivity contribution in [2.24, 2.45) is 0 Å². The molecule has 0 aliphatic carbocycles. The summed E-state index contributed by atoms with van der Waals surface area (Å²) in [4.78, 5) is 23.6. The highest BCUT2D eigenvalue weighted by Crippen LogP contribution is 2.19. The molecule has 1 aromatic heterocycles. The molecule has 0 radical (unpaired) electrons. The Balaban J connectivity index is 1.92. The quantitative estimate of drug-likeness (QED) is 0.819. The molecule has 0 aliphatic heterocycles. The van der Waals surface area contributed by atoms with E-state index in [1.165, 1.54) is 6.07 Å². The number of nitrogens with zero attached hydrogens (tertiary/aromatic N) is 1. The monoisotopic (exact) mass is 317 g/mol. The van der Waals surface area contributed by atoms with Crippen LogP contribution in [0.4, 0.5) is 5.82 Å². The van der Waals surface area contributed by atoms with Gasteiger partial charge in [-0.2, -0.15) is 0 Å². The number of nitrogens with one attached hydrogen (secondary N) is 2. The minimum absolute atomic E-state index is 0.186. The Labute approximate surface area is 134 Å². The summed E-state index contributed by atoms with van der Waals surface area (Å²) in [7, 11) is 1.56. The van der Waals surface area contributed by atoms with Gasteiger partial charge < -0.3 is 14.6 Å². The van der Waals surface area contributed by atoms with E-state index in [0.29, 0.717) is 5.76 Å². The molecule has 7 heteroatoms. The standard InChI is InChI=1S/C16H19N3O4/c1-10-6-4-5-7-12(10)13(22-3)9-17-15(20)16(21)18-14-8-11(2)23-19-14/h4-8,13H,9H2,1-3H3,(H,17,20)(H,18,19,21)/t13-/m1/s1. The van der Waals surface area contributed by atoms with Gasteiger partial charge in [-0.25, -0.2) is 0 Å². The number of hydrogen-bond donors (Lipinski definition) is 2. The van der Waals surface area contributed by atoms with Crippen molar-refractivity contribution in [2.75, 3.05) is 19.0 Å². The first kappa shape index (κ1) is 16.7. The van der Waals surface area contributed by atoms with E-state index in [1.54, 1.807) is 14.0 Å². The summed E-state index contributed by atoms with van der Waals surface area (Å²) in [5.74, 6) is -0.830. The SMILES string of the molecule is CO[C@H](CNC(=O)C(=O)Nc1cc(C)on1)c1ccccc1C. The molecule has 0 bridgehead atoms. The summed E-state index contributed by atoms with van der Waals surface area (Å²) < 4.78 is 10.2. The third-order valence-corrected chi connectivity index (χ3v) is 3.34.